The molecule has 0 amide bonds. The van der Waals surface area contributed by atoms with Crippen LogP contribution in [0.3, 0.4) is 0 Å². The molecule has 0 radical (unpaired) electrons. The van der Waals surface area contributed by atoms with Gasteiger partial charge in [0.1, 0.15) is 11.6 Å². The van der Waals surface area contributed by atoms with Crippen molar-refractivity contribution in [1.82, 2.24) is 9.88 Å². The van der Waals surface area contributed by atoms with Gasteiger partial charge in [-0.3, -0.25) is 0 Å². The highest BCUT2D eigenvalue weighted by molar-refractivity contribution is 7.91. The molecule has 160 valence electrons. The lowest BCUT2D eigenvalue weighted by Gasteiger charge is -2.30. The van der Waals surface area contributed by atoms with Crippen LogP contribution in [0.5, 0.6) is 5.75 Å². The number of hydrogen-bond acceptors (Lipinski definition) is 5. The Bertz CT molecular complexity index is 1150. The van der Waals surface area contributed by atoms with Gasteiger partial charge in [-0.05, 0) is 76.3 Å². The summed E-state index contributed by atoms with van der Waals surface area (Å²) < 4.78 is 46.2. The number of fused-ring (bicyclic) bond motifs is 1. The Morgan fingerprint density at radius 3 is 2.70 bits per heavy atom. The maximum Gasteiger partial charge on any atom is 0.208 e. The van der Waals surface area contributed by atoms with E-state index in [1.807, 2.05) is 6.92 Å². The van der Waals surface area contributed by atoms with Crippen LogP contribution in [0.2, 0.25) is 0 Å². The topological polar surface area (TPSA) is 74.4 Å². The lowest BCUT2D eigenvalue weighted by molar-refractivity contribution is 0.263. The molecule has 30 heavy (non-hydrogen) atoms. The normalized spacial score (nSPS) is 16.1. The summed E-state index contributed by atoms with van der Waals surface area (Å²) in [5, 5.41) is 3.82. The van der Waals surface area contributed by atoms with Gasteiger partial charge in [0, 0.05) is 23.1 Å². The second-order valence-corrected chi connectivity index (χ2v) is 9.58. The minimum atomic E-state index is -3.84. The first-order chi connectivity index (χ1) is 14.4. The van der Waals surface area contributed by atoms with Gasteiger partial charge in [-0.25, -0.2) is 12.8 Å². The minimum absolute atomic E-state index is 0.0615. The molecule has 2 heterocycles. The third-order valence-electron chi connectivity index (χ3n) is 5.53. The van der Waals surface area contributed by atoms with Crippen molar-refractivity contribution in [1.29, 1.82) is 0 Å². The van der Waals surface area contributed by atoms with Gasteiger partial charge in [0.2, 0.25) is 9.84 Å². The number of sulfone groups is 1. The van der Waals surface area contributed by atoms with Crippen molar-refractivity contribution < 1.29 is 17.5 Å². The van der Waals surface area contributed by atoms with E-state index in [9.17, 15) is 12.8 Å². The van der Waals surface area contributed by atoms with Crippen molar-refractivity contribution in [3.05, 3.63) is 48.4 Å². The molecule has 0 spiro atoms. The Morgan fingerprint density at radius 1 is 1.20 bits per heavy atom. The molecule has 1 aliphatic rings. The Hall–Kier alpha value is -2.58. The molecule has 0 aliphatic carbocycles. The van der Waals surface area contributed by atoms with Crippen molar-refractivity contribution in [2.45, 2.75) is 35.6 Å². The van der Waals surface area contributed by atoms with Crippen molar-refractivity contribution in [3.63, 3.8) is 0 Å². The molecular formula is C22H26FN3O3S. The van der Waals surface area contributed by atoms with Crippen molar-refractivity contribution in [3.8, 4) is 5.75 Å². The fourth-order valence-corrected chi connectivity index (χ4v) is 5.31. The van der Waals surface area contributed by atoms with Crippen LogP contribution in [0.25, 0.3) is 10.9 Å². The number of ether oxygens (including phenoxy) is 1. The van der Waals surface area contributed by atoms with Gasteiger partial charge in [0.25, 0.3) is 0 Å². The second kappa shape index (κ2) is 8.28. The predicted octanol–water partition coefficient (Wildman–Crippen LogP) is 4.04. The average molecular weight is 432 g/mol. The summed E-state index contributed by atoms with van der Waals surface area (Å²) in [6.45, 7) is 4.35. The summed E-state index contributed by atoms with van der Waals surface area (Å²) in [5.41, 5.74) is 1.24. The van der Waals surface area contributed by atoms with Crippen molar-refractivity contribution >= 4 is 26.4 Å². The van der Waals surface area contributed by atoms with Gasteiger partial charge in [-0.15, -0.1) is 0 Å². The molecule has 0 unspecified atom stereocenters. The molecule has 8 heteroatoms. The quantitative estimate of drug-likeness (QED) is 0.616. The standard InChI is InChI=1S/C22H26FN3O3S/c1-3-29-21-7-5-17(13-20(21)25-16-8-10-26(2)11-9-16)30(27,28)22-14-24-19-6-4-15(23)12-18(19)22/h4-7,12-14,16,24-25H,3,8-11H2,1-2H3. The summed E-state index contributed by atoms with van der Waals surface area (Å²) in [6, 6.07) is 9.17. The van der Waals surface area contributed by atoms with Crippen molar-refractivity contribution in [2.75, 3.05) is 32.1 Å². The highest BCUT2D eigenvalue weighted by atomic mass is 32.2. The summed E-state index contributed by atoms with van der Waals surface area (Å²) in [6.07, 6.45) is 3.36. The Kier molecular flexibility index (Phi) is 5.71. The highest BCUT2D eigenvalue weighted by Gasteiger charge is 2.25. The number of nitrogens with zero attached hydrogens (tertiary/aromatic N) is 1. The molecule has 1 aromatic heterocycles. The fourth-order valence-electron chi connectivity index (χ4n) is 3.86. The Labute approximate surface area is 176 Å². The molecule has 1 saturated heterocycles. The third-order valence-corrected chi connectivity index (χ3v) is 7.33. The van der Waals surface area contributed by atoms with Crippen LogP contribution in [-0.2, 0) is 9.84 Å². The first kappa shape index (κ1) is 20.7. The zero-order valence-electron chi connectivity index (χ0n) is 17.1. The van der Waals surface area contributed by atoms with Gasteiger partial charge >= 0.3 is 0 Å². The third kappa shape index (κ3) is 4.02. The van der Waals surface area contributed by atoms with Crippen LogP contribution in [0.15, 0.2) is 52.4 Å². The number of piperidine rings is 1. The van der Waals surface area contributed by atoms with E-state index in [0.717, 1.165) is 25.9 Å². The molecule has 4 rings (SSSR count). The fraction of sp³-hybridized carbons (Fsp3) is 0.364. The van der Waals surface area contributed by atoms with Crippen LogP contribution in [0.1, 0.15) is 19.8 Å². The second-order valence-electron chi connectivity index (χ2n) is 7.66. The molecule has 0 bridgehead atoms. The minimum Gasteiger partial charge on any atom is -0.492 e. The van der Waals surface area contributed by atoms with Gasteiger partial charge < -0.3 is 19.9 Å². The van der Waals surface area contributed by atoms with E-state index in [2.05, 4.69) is 22.2 Å². The number of hydrogen-bond donors (Lipinski definition) is 2. The van der Waals surface area contributed by atoms with Crippen LogP contribution in [0, 0.1) is 5.82 Å². The number of nitrogens with one attached hydrogen (secondary N) is 2. The van der Waals surface area contributed by atoms with Gasteiger partial charge in [-0.2, -0.15) is 0 Å². The van der Waals surface area contributed by atoms with Crippen LogP contribution in [-0.4, -0.2) is 51.1 Å². The first-order valence-electron chi connectivity index (χ1n) is 10.1. The molecule has 3 aromatic rings. The number of rotatable bonds is 6. The Balaban J connectivity index is 1.71. The molecule has 0 atom stereocenters. The van der Waals surface area contributed by atoms with E-state index in [1.165, 1.54) is 30.5 Å². The van der Waals surface area contributed by atoms with E-state index >= 15 is 0 Å². The first-order valence-corrected chi connectivity index (χ1v) is 11.6. The van der Waals surface area contributed by atoms with Gasteiger partial charge in [-0.1, -0.05) is 0 Å². The van der Waals surface area contributed by atoms with E-state index in [1.54, 1.807) is 12.1 Å². The monoisotopic (exact) mass is 431 g/mol. The zero-order valence-corrected chi connectivity index (χ0v) is 17.9. The molecule has 1 aliphatic heterocycles. The number of benzene rings is 2. The van der Waals surface area contributed by atoms with Gasteiger partial charge in [0.15, 0.2) is 0 Å². The van der Waals surface area contributed by atoms with E-state index < -0.39 is 15.7 Å². The summed E-state index contributed by atoms with van der Waals surface area (Å²) >= 11 is 0. The predicted molar refractivity (Wildman–Crippen MR) is 115 cm³/mol. The number of halogens is 1. The van der Waals surface area contributed by atoms with Crippen LogP contribution in [0.4, 0.5) is 10.1 Å². The lowest BCUT2D eigenvalue weighted by atomic mass is 10.1. The number of anilines is 1. The molecule has 0 saturated carbocycles. The molecule has 2 N–H and O–H groups in total. The maximum atomic E-state index is 13.7. The van der Waals surface area contributed by atoms with E-state index in [4.69, 9.17) is 4.74 Å². The largest absolute Gasteiger partial charge is 0.492 e. The number of likely N-dealkylation sites (tertiary alicyclic amines) is 1. The summed E-state index contributed by atoms with van der Waals surface area (Å²) in [7, 11) is -1.75. The lowest BCUT2D eigenvalue weighted by Crippen LogP contribution is -2.36. The maximum absolute atomic E-state index is 13.7. The molecule has 1 fully saturated rings. The van der Waals surface area contributed by atoms with Crippen LogP contribution < -0.4 is 10.1 Å². The zero-order chi connectivity index (χ0) is 21.3. The van der Waals surface area contributed by atoms with E-state index in [-0.39, 0.29) is 15.8 Å². The Morgan fingerprint density at radius 2 is 1.97 bits per heavy atom. The average Bonchev–Trinajstić information content (AvgIpc) is 3.15. The number of aromatic amines is 1. The molecule has 2 aromatic carbocycles. The summed E-state index contributed by atoms with van der Waals surface area (Å²) in [5.74, 6) is 0.148. The van der Waals surface area contributed by atoms with E-state index in [0.29, 0.717) is 28.9 Å². The number of aromatic nitrogens is 1. The summed E-state index contributed by atoms with van der Waals surface area (Å²) in [4.78, 5) is 5.40. The molecular weight excluding hydrogens is 405 g/mol. The van der Waals surface area contributed by atoms with Gasteiger partial charge in [0.05, 0.1) is 22.1 Å². The van der Waals surface area contributed by atoms with Crippen molar-refractivity contribution in [2.24, 2.45) is 0 Å². The smallest absolute Gasteiger partial charge is 0.208 e. The highest BCUT2D eigenvalue weighted by Crippen LogP contribution is 2.34. The molecule has 6 nitrogen and oxygen atoms in total. The van der Waals surface area contributed by atoms with Crippen LogP contribution >= 0.6 is 0 Å². The number of H-pyrrole nitrogens is 1. The SMILES string of the molecule is CCOc1ccc(S(=O)(=O)c2c[nH]c3ccc(F)cc23)cc1NC1CCN(C)CC1.